The topological polar surface area (TPSA) is 89.8 Å². The third-order valence-electron chi connectivity index (χ3n) is 4.33. The van der Waals surface area contributed by atoms with Crippen molar-refractivity contribution >= 4 is 22.4 Å². The van der Waals surface area contributed by atoms with Crippen LogP contribution in [0.4, 0.5) is 5.13 Å². The Balaban J connectivity index is 1.54. The molecule has 1 N–H and O–H groups in total. The summed E-state index contributed by atoms with van der Waals surface area (Å²) >= 11 is 1.31. The number of nitrogens with zero attached hydrogens (tertiary/aromatic N) is 4. The summed E-state index contributed by atoms with van der Waals surface area (Å²) < 4.78 is 1.19. The van der Waals surface area contributed by atoms with Crippen molar-refractivity contribution < 1.29 is 4.79 Å². The van der Waals surface area contributed by atoms with Crippen LogP contribution in [0, 0.1) is 0 Å². The standard InChI is InChI=1S/C21H17N5O2S/c1-14(26-19(27)10-9-17(25-26)15-6-3-2-4-7-15)20(28)24-21-23-18(13-29-21)16-8-5-11-22-12-16/h2-14H,1H3,(H,23,24,28). The minimum absolute atomic E-state index is 0.345. The van der Waals surface area contributed by atoms with Crippen molar-refractivity contribution in [2.45, 2.75) is 13.0 Å². The average molecular weight is 403 g/mol. The SMILES string of the molecule is CC(C(=O)Nc1nc(-c2cccnc2)cs1)n1nc(-c2ccccc2)ccc1=O. The first-order valence-corrected chi connectivity index (χ1v) is 9.82. The lowest BCUT2D eigenvalue weighted by molar-refractivity contribution is -0.119. The van der Waals surface area contributed by atoms with Gasteiger partial charge in [0.15, 0.2) is 5.13 Å². The second-order valence-corrected chi connectivity index (χ2v) is 7.17. The number of aromatic nitrogens is 4. The molecule has 8 heteroatoms. The summed E-state index contributed by atoms with van der Waals surface area (Å²) in [5.74, 6) is -0.364. The van der Waals surface area contributed by atoms with E-state index in [0.29, 0.717) is 10.8 Å². The van der Waals surface area contributed by atoms with Gasteiger partial charge in [0.05, 0.1) is 11.4 Å². The van der Waals surface area contributed by atoms with E-state index in [4.69, 9.17) is 0 Å². The number of amides is 1. The molecule has 0 aliphatic rings. The van der Waals surface area contributed by atoms with Crippen LogP contribution in [0.5, 0.6) is 0 Å². The molecular formula is C21H17N5O2S. The van der Waals surface area contributed by atoms with Gasteiger partial charge < -0.3 is 5.32 Å². The predicted octanol–water partition coefficient (Wildman–Crippen LogP) is 3.63. The first-order chi connectivity index (χ1) is 14.1. The monoisotopic (exact) mass is 403 g/mol. The Bertz CT molecular complexity index is 1190. The normalized spacial score (nSPS) is 11.8. The van der Waals surface area contributed by atoms with Crippen LogP contribution in [0.1, 0.15) is 13.0 Å². The average Bonchev–Trinajstić information content (AvgIpc) is 3.23. The van der Waals surface area contributed by atoms with Gasteiger partial charge in [-0.2, -0.15) is 5.10 Å². The zero-order valence-corrected chi connectivity index (χ0v) is 16.3. The quantitative estimate of drug-likeness (QED) is 0.550. The molecule has 0 aliphatic heterocycles. The first-order valence-electron chi connectivity index (χ1n) is 8.94. The molecule has 0 spiro atoms. The molecule has 1 amide bonds. The molecule has 3 heterocycles. The second kappa shape index (κ2) is 8.15. The van der Waals surface area contributed by atoms with Crippen LogP contribution in [-0.4, -0.2) is 25.7 Å². The zero-order chi connectivity index (χ0) is 20.2. The summed E-state index contributed by atoms with van der Waals surface area (Å²) in [6.07, 6.45) is 3.40. The molecule has 0 saturated carbocycles. The molecule has 4 aromatic rings. The van der Waals surface area contributed by atoms with Crippen LogP contribution in [0.2, 0.25) is 0 Å². The highest BCUT2D eigenvalue weighted by atomic mass is 32.1. The number of anilines is 1. The summed E-state index contributed by atoms with van der Waals surface area (Å²) in [6.45, 7) is 1.63. The molecule has 29 heavy (non-hydrogen) atoms. The molecule has 0 radical (unpaired) electrons. The van der Waals surface area contributed by atoms with Crippen molar-refractivity contribution in [2.24, 2.45) is 0 Å². The van der Waals surface area contributed by atoms with Crippen molar-refractivity contribution in [3.05, 3.63) is 82.7 Å². The summed E-state index contributed by atoms with van der Waals surface area (Å²) in [5.41, 5.74) is 2.74. The van der Waals surface area contributed by atoms with Crippen molar-refractivity contribution in [3.63, 3.8) is 0 Å². The fraction of sp³-hybridized carbons (Fsp3) is 0.0952. The smallest absolute Gasteiger partial charge is 0.267 e. The largest absolute Gasteiger partial charge is 0.300 e. The summed E-state index contributed by atoms with van der Waals surface area (Å²) in [5, 5.41) is 9.44. The van der Waals surface area contributed by atoms with E-state index >= 15 is 0 Å². The highest BCUT2D eigenvalue weighted by Gasteiger charge is 2.19. The summed E-state index contributed by atoms with van der Waals surface area (Å²) in [4.78, 5) is 33.5. The van der Waals surface area contributed by atoms with Crippen LogP contribution in [-0.2, 0) is 4.79 Å². The maximum Gasteiger partial charge on any atom is 0.267 e. The van der Waals surface area contributed by atoms with E-state index in [2.05, 4.69) is 20.4 Å². The minimum atomic E-state index is -0.795. The predicted molar refractivity (Wildman–Crippen MR) is 113 cm³/mol. The fourth-order valence-electron chi connectivity index (χ4n) is 2.76. The molecule has 0 saturated heterocycles. The Labute approximate surface area is 170 Å². The van der Waals surface area contributed by atoms with Gasteiger partial charge in [-0.1, -0.05) is 30.3 Å². The van der Waals surface area contributed by atoms with Gasteiger partial charge in [0, 0.05) is 35.0 Å². The number of carbonyl (C=O) groups is 1. The number of carbonyl (C=O) groups excluding carboxylic acids is 1. The molecule has 144 valence electrons. The van der Waals surface area contributed by atoms with Crippen LogP contribution in [0.25, 0.3) is 22.5 Å². The maximum atomic E-state index is 12.7. The number of hydrogen-bond acceptors (Lipinski definition) is 6. The molecule has 3 aromatic heterocycles. The molecule has 0 bridgehead atoms. The maximum absolute atomic E-state index is 12.7. The third kappa shape index (κ3) is 4.12. The molecule has 1 aromatic carbocycles. The van der Waals surface area contributed by atoms with Crippen molar-refractivity contribution in [2.75, 3.05) is 5.32 Å². The third-order valence-corrected chi connectivity index (χ3v) is 5.09. The molecule has 1 atom stereocenters. The second-order valence-electron chi connectivity index (χ2n) is 6.31. The van der Waals surface area contributed by atoms with E-state index in [-0.39, 0.29) is 11.5 Å². The Kier molecular flexibility index (Phi) is 5.26. The fourth-order valence-corrected chi connectivity index (χ4v) is 3.49. The molecule has 4 rings (SSSR count). The summed E-state index contributed by atoms with van der Waals surface area (Å²) in [6, 6.07) is 15.5. The Morgan fingerprint density at radius 1 is 1.03 bits per heavy atom. The van der Waals surface area contributed by atoms with E-state index in [1.807, 2.05) is 47.8 Å². The number of pyridine rings is 1. The van der Waals surface area contributed by atoms with Crippen molar-refractivity contribution in [3.8, 4) is 22.5 Å². The van der Waals surface area contributed by atoms with Crippen molar-refractivity contribution in [1.82, 2.24) is 19.7 Å². The van der Waals surface area contributed by atoms with E-state index in [1.54, 1.807) is 25.4 Å². The highest BCUT2D eigenvalue weighted by molar-refractivity contribution is 7.14. The Hall–Kier alpha value is -3.65. The molecule has 0 fully saturated rings. The lowest BCUT2D eigenvalue weighted by atomic mass is 10.1. The van der Waals surface area contributed by atoms with Gasteiger partial charge in [-0.25, -0.2) is 9.67 Å². The van der Waals surface area contributed by atoms with E-state index in [1.165, 1.54) is 22.1 Å². The van der Waals surface area contributed by atoms with Gasteiger partial charge in [-0.05, 0) is 25.1 Å². The molecule has 1 unspecified atom stereocenters. The number of rotatable bonds is 5. The van der Waals surface area contributed by atoms with Crippen LogP contribution in [0.15, 0.2) is 77.2 Å². The molecule has 7 nitrogen and oxygen atoms in total. The number of nitrogens with one attached hydrogen (secondary N) is 1. The van der Waals surface area contributed by atoms with E-state index < -0.39 is 6.04 Å². The number of hydrogen-bond donors (Lipinski definition) is 1. The first kappa shape index (κ1) is 18.7. The van der Waals surface area contributed by atoms with Gasteiger partial charge in [0.2, 0.25) is 0 Å². The molecule has 0 aliphatic carbocycles. The van der Waals surface area contributed by atoms with Gasteiger partial charge in [-0.15, -0.1) is 11.3 Å². The van der Waals surface area contributed by atoms with Gasteiger partial charge >= 0.3 is 0 Å². The zero-order valence-electron chi connectivity index (χ0n) is 15.5. The number of thiazole rings is 1. The van der Waals surface area contributed by atoms with Crippen LogP contribution in [0.3, 0.4) is 0 Å². The van der Waals surface area contributed by atoms with Crippen LogP contribution >= 0.6 is 11.3 Å². The minimum Gasteiger partial charge on any atom is -0.300 e. The van der Waals surface area contributed by atoms with Gasteiger partial charge in [0.25, 0.3) is 11.5 Å². The van der Waals surface area contributed by atoms with E-state index in [0.717, 1.165) is 16.8 Å². The molecular weight excluding hydrogens is 386 g/mol. The number of benzene rings is 1. The van der Waals surface area contributed by atoms with Gasteiger partial charge in [0.1, 0.15) is 6.04 Å². The van der Waals surface area contributed by atoms with Crippen LogP contribution < -0.4 is 10.9 Å². The Morgan fingerprint density at radius 2 is 1.83 bits per heavy atom. The van der Waals surface area contributed by atoms with Gasteiger partial charge in [-0.3, -0.25) is 14.6 Å². The lowest BCUT2D eigenvalue weighted by Crippen LogP contribution is -2.33. The highest BCUT2D eigenvalue weighted by Crippen LogP contribution is 2.24. The Morgan fingerprint density at radius 3 is 2.59 bits per heavy atom. The van der Waals surface area contributed by atoms with E-state index in [9.17, 15) is 9.59 Å². The van der Waals surface area contributed by atoms with Crippen molar-refractivity contribution in [1.29, 1.82) is 0 Å². The lowest BCUT2D eigenvalue weighted by Gasteiger charge is -2.14. The summed E-state index contributed by atoms with van der Waals surface area (Å²) in [7, 11) is 0.